The smallest absolute Gasteiger partial charge is 0.240 e. The summed E-state index contributed by atoms with van der Waals surface area (Å²) < 4.78 is 43.4. The molecule has 25 heavy (non-hydrogen) atoms. The van der Waals surface area contributed by atoms with Gasteiger partial charge in [-0.15, -0.1) is 0 Å². The number of benzene rings is 1. The lowest BCUT2D eigenvalue weighted by molar-refractivity contribution is -0.908. The molecular formula is C16H25FN3O4S+. The van der Waals surface area contributed by atoms with Crippen molar-refractivity contribution in [2.45, 2.75) is 6.42 Å². The van der Waals surface area contributed by atoms with Crippen LogP contribution in [-0.4, -0.2) is 66.5 Å². The van der Waals surface area contributed by atoms with E-state index in [9.17, 15) is 17.6 Å². The molecule has 140 valence electrons. The molecule has 0 radical (unpaired) electrons. The van der Waals surface area contributed by atoms with E-state index in [4.69, 9.17) is 4.74 Å². The fraction of sp³-hybridized carbons (Fsp3) is 0.562. The highest BCUT2D eigenvalue weighted by atomic mass is 32.2. The molecule has 2 N–H and O–H groups in total. The summed E-state index contributed by atoms with van der Waals surface area (Å²) in [5, 5.41) is 2.73. The fourth-order valence-corrected chi connectivity index (χ4v) is 3.54. The molecule has 0 unspecified atom stereocenters. The number of morpholine rings is 1. The standard InChI is InChI=1S/C16H24FN3O4S/c1-25(22,23)20(15-5-2-4-14(17)12-15)13-16(21)18-6-3-7-19-8-10-24-11-9-19/h2,4-5,12H,3,6-11,13H2,1H3,(H,18,21)/p+1. The van der Waals surface area contributed by atoms with E-state index in [0.717, 1.165) is 55.9 Å². The summed E-state index contributed by atoms with van der Waals surface area (Å²) in [7, 11) is -3.69. The molecule has 7 nitrogen and oxygen atoms in total. The van der Waals surface area contributed by atoms with Crippen molar-refractivity contribution in [2.24, 2.45) is 0 Å². The Balaban J connectivity index is 1.83. The first-order valence-electron chi connectivity index (χ1n) is 8.27. The van der Waals surface area contributed by atoms with E-state index in [-0.39, 0.29) is 12.2 Å². The fourth-order valence-electron chi connectivity index (χ4n) is 2.69. The minimum Gasteiger partial charge on any atom is -0.370 e. The Morgan fingerprint density at radius 3 is 2.72 bits per heavy atom. The summed E-state index contributed by atoms with van der Waals surface area (Å²) in [6.07, 6.45) is 1.80. The highest BCUT2D eigenvalue weighted by Crippen LogP contribution is 2.18. The zero-order chi connectivity index (χ0) is 18.3. The summed E-state index contributed by atoms with van der Waals surface area (Å²) in [5.74, 6) is -0.966. The van der Waals surface area contributed by atoms with Crippen molar-refractivity contribution in [1.29, 1.82) is 0 Å². The molecule has 1 saturated heterocycles. The Morgan fingerprint density at radius 2 is 2.08 bits per heavy atom. The molecule has 0 atom stereocenters. The molecule has 1 aliphatic rings. The Labute approximate surface area is 147 Å². The van der Waals surface area contributed by atoms with Crippen LogP contribution in [0.3, 0.4) is 0 Å². The van der Waals surface area contributed by atoms with E-state index in [1.165, 1.54) is 23.1 Å². The second-order valence-corrected chi connectivity index (χ2v) is 7.97. The van der Waals surface area contributed by atoms with Crippen molar-refractivity contribution in [3.05, 3.63) is 30.1 Å². The molecule has 0 aliphatic carbocycles. The number of carbonyl (C=O) groups is 1. The first-order chi connectivity index (χ1) is 11.9. The van der Waals surface area contributed by atoms with Crippen molar-refractivity contribution in [2.75, 3.05) is 56.5 Å². The van der Waals surface area contributed by atoms with Gasteiger partial charge in [0, 0.05) is 13.0 Å². The monoisotopic (exact) mass is 374 g/mol. The van der Waals surface area contributed by atoms with E-state index in [1.807, 2.05) is 0 Å². The van der Waals surface area contributed by atoms with Crippen molar-refractivity contribution < 1.29 is 27.2 Å². The number of anilines is 1. The highest BCUT2D eigenvalue weighted by Gasteiger charge is 2.21. The van der Waals surface area contributed by atoms with Crippen LogP contribution in [-0.2, 0) is 19.6 Å². The van der Waals surface area contributed by atoms with Gasteiger partial charge in [0.25, 0.3) is 0 Å². The number of nitrogens with zero attached hydrogens (tertiary/aromatic N) is 1. The third-order valence-electron chi connectivity index (χ3n) is 4.01. The molecule has 0 bridgehead atoms. The van der Waals surface area contributed by atoms with E-state index >= 15 is 0 Å². The number of amides is 1. The average molecular weight is 374 g/mol. The van der Waals surface area contributed by atoms with Crippen LogP contribution in [0.4, 0.5) is 10.1 Å². The van der Waals surface area contributed by atoms with E-state index in [0.29, 0.717) is 6.54 Å². The van der Waals surface area contributed by atoms with Crippen LogP contribution >= 0.6 is 0 Å². The molecule has 1 fully saturated rings. The van der Waals surface area contributed by atoms with Crippen LogP contribution in [0.1, 0.15) is 6.42 Å². The minimum absolute atomic E-state index is 0.135. The van der Waals surface area contributed by atoms with Gasteiger partial charge in [0.1, 0.15) is 25.5 Å². The third kappa shape index (κ3) is 6.60. The lowest BCUT2D eigenvalue weighted by Crippen LogP contribution is -3.14. The number of halogens is 1. The summed E-state index contributed by atoms with van der Waals surface area (Å²) in [6.45, 7) is 4.50. The van der Waals surface area contributed by atoms with Gasteiger partial charge in [-0.2, -0.15) is 0 Å². The molecule has 9 heteroatoms. The SMILES string of the molecule is CS(=O)(=O)N(CC(=O)NCCC[NH+]1CCOCC1)c1cccc(F)c1. The van der Waals surface area contributed by atoms with E-state index in [2.05, 4.69) is 5.32 Å². The lowest BCUT2D eigenvalue weighted by atomic mass is 10.3. The number of sulfonamides is 1. The van der Waals surface area contributed by atoms with Gasteiger partial charge in [0.05, 0.1) is 31.7 Å². The van der Waals surface area contributed by atoms with Crippen LogP contribution in [0.5, 0.6) is 0 Å². The van der Waals surface area contributed by atoms with Gasteiger partial charge in [-0.3, -0.25) is 9.10 Å². The topological polar surface area (TPSA) is 80.2 Å². The second kappa shape index (κ2) is 9.12. The molecule has 1 aromatic carbocycles. The largest absolute Gasteiger partial charge is 0.370 e. The number of ether oxygens (including phenoxy) is 1. The van der Waals surface area contributed by atoms with Gasteiger partial charge < -0.3 is 15.0 Å². The maximum absolute atomic E-state index is 13.3. The Morgan fingerprint density at radius 1 is 1.36 bits per heavy atom. The molecule has 1 heterocycles. The maximum Gasteiger partial charge on any atom is 0.240 e. The molecule has 2 rings (SSSR count). The number of hydrogen-bond donors (Lipinski definition) is 2. The van der Waals surface area contributed by atoms with Crippen LogP contribution in [0, 0.1) is 5.82 Å². The summed E-state index contributed by atoms with van der Waals surface area (Å²) >= 11 is 0. The number of rotatable bonds is 8. The van der Waals surface area contributed by atoms with Gasteiger partial charge in [-0.05, 0) is 18.2 Å². The zero-order valence-electron chi connectivity index (χ0n) is 14.3. The summed E-state index contributed by atoms with van der Waals surface area (Å²) in [6, 6.07) is 5.18. The van der Waals surface area contributed by atoms with Crippen LogP contribution in [0.2, 0.25) is 0 Å². The second-order valence-electron chi connectivity index (χ2n) is 6.07. The van der Waals surface area contributed by atoms with Crippen molar-refractivity contribution in [1.82, 2.24) is 5.32 Å². The van der Waals surface area contributed by atoms with Crippen molar-refractivity contribution in [3.8, 4) is 0 Å². The number of nitrogens with one attached hydrogen (secondary N) is 2. The first-order valence-corrected chi connectivity index (χ1v) is 10.1. The first kappa shape index (κ1) is 19.6. The third-order valence-corrected chi connectivity index (χ3v) is 5.15. The normalized spacial score (nSPS) is 15.8. The number of quaternary nitrogens is 1. The predicted octanol–water partition coefficient (Wildman–Crippen LogP) is -0.987. The molecule has 0 aromatic heterocycles. The molecule has 0 saturated carbocycles. The van der Waals surface area contributed by atoms with Crippen LogP contribution in [0.25, 0.3) is 0 Å². The van der Waals surface area contributed by atoms with Crippen LogP contribution in [0.15, 0.2) is 24.3 Å². The zero-order valence-corrected chi connectivity index (χ0v) is 15.1. The van der Waals surface area contributed by atoms with E-state index < -0.39 is 21.7 Å². The predicted molar refractivity (Wildman–Crippen MR) is 92.6 cm³/mol. The van der Waals surface area contributed by atoms with Gasteiger partial charge in [-0.25, -0.2) is 12.8 Å². The maximum atomic E-state index is 13.3. The number of carbonyl (C=O) groups excluding carboxylic acids is 1. The quantitative estimate of drug-likeness (QED) is 0.573. The Hall–Kier alpha value is -1.71. The van der Waals surface area contributed by atoms with Gasteiger partial charge in [-0.1, -0.05) is 6.07 Å². The average Bonchev–Trinajstić information content (AvgIpc) is 2.56. The lowest BCUT2D eigenvalue weighted by Gasteiger charge is -2.24. The Bertz CT molecular complexity index is 678. The van der Waals surface area contributed by atoms with Crippen molar-refractivity contribution in [3.63, 3.8) is 0 Å². The van der Waals surface area contributed by atoms with Crippen LogP contribution < -0.4 is 14.5 Å². The molecular weight excluding hydrogens is 349 g/mol. The Kier molecular flexibility index (Phi) is 7.15. The minimum atomic E-state index is -3.69. The summed E-state index contributed by atoms with van der Waals surface area (Å²) in [5.41, 5.74) is 0.135. The van der Waals surface area contributed by atoms with Gasteiger partial charge in [0.2, 0.25) is 15.9 Å². The van der Waals surface area contributed by atoms with E-state index in [1.54, 1.807) is 0 Å². The summed E-state index contributed by atoms with van der Waals surface area (Å²) in [4.78, 5) is 13.5. The molecule has 0 spiro atoms. The van der Waals surface area contributed by atoms with Gasteiger partial charge in [0.15, 0.2) is 0 Å². The molecule has 1 aliphatic heterocycles. The molecule has 1 amide bonds. The van der Waals surface area contributed by atoms with Gasteiger partial charge >= 0.3 is 0 Å². The number of hydrogen-bond acceptors (Lipinski definition) is 4. The molecule has 1 aromatic rings. The van der Waals surface area contributed by atoms with Crippen molar-refractivity contribution >= 4 is 21.6 Å². The highest BCUT2D eigenvalue weighted by molar-refractivity contribution is 7.92.